The average molecular weight is 534 g/mol. The monoisotopic (exact) mass is 533 g/mol. The zero-order valence-corrected chi connectivity index (χ0v) is 20.6. The Balaban J connectivity index is 1.13. The number of halogens is 1. The number of anilines is 1. The zero-order chi connectivity index (χ0) is 23.8. The molecule has 6 rings (SSSR count). The van der Waals surface area contributed by atoms with E-state index in [0.717, 1.165) is 54.4 Å². The highest BCUT2D eigenvalue weighted by molar-refractivity contribution is 9.10. The Kier molecular flexibility index (Phi) is 5.85. The van der Waals surface area contributed by atoms with Gasteiger partial charge in [-0.3, -0.25) is 4.79 Å². The predicted molar refractivity (Wildman–Crippen MR) is 134 cm³/mol. The summed E-state index contributed by atoms with van der Waals surface area (Å²) in [4.78, 5) is 26.3. The number of carbonyl (C=O) groups excluding carboxylic acids is 1. The molecule has 1 saturated heterocycles. The fourth-order valence-electron chi connectivity index (χ4n) is 4.69. The molecule has 4 aromatic rings. The summed E-state index contributed by atoms with van der Waals surface area (Å²) in [6.45, 7) is 1.54. The second kappa shape index (κ2) is 9.30. The van der Waals surface area contributed by atoms with Gasteiger partial charge in [-0.25, -0.2) is 4.98 Å². The molecule has 178 valence electrons. The largest absolute Gasteiger partial charge is 0.444 e. The van der Waals surface area contributed by atoms with Gasteiger partial charge in [-0.05, 0) is 49.9 Å². The molecule has 0 unspecified atom stereocenters. The Hall–Kier alpha value is -3.46. The van der Waals surface area contributed by atoms with E-state index in [2.05, 4.69) is 40.9 Å². The summed E-state index contributed by atoms with van der Waals surface area (Å²) in [7, 11) is 0. The van der Waals surface area contributed by atoms with E-state index in [0.29, 0.717) is 29.2 Å². The van der Waals surface area contributed by atoms with E-state index in [1.165, 1.54) is 6.39 Å². The normalized spacial score (nSPS) is 16.4. The summed E-state index contributed by atoms with van der Waals surface area (Å²) in [6, 6.07) is 16.5. The van der Waals surface area contributed by atoms with Gasteiger partial charge in [0.15, 0.2) is 12.2 Å². The molecule has 0 N–H and O–H groups in total. The number of oxazole rings is 1. The zero-order valence-electron chi connectivity index (χ0n) is 19.0. The number of hydrogen-bond donors (Lipinski definition) is 0. The van der Waals surface area contributed by atoms with Crippen molar-refractivity contribution in [3.8, 4) is 22.7 Å². The molecule has 1 aliphatic heterocycles. The van der Waals surface area contributed by atoms with Crippen molar-refractivity contribution in [1.29, 1.82) is 0 Å². The lowest BCUT2D eigenvalue weighted by Gasteiger charge is -2.38. The van der Waals surface area contributed by atoms with Crippen molar-refractivity contribution in [1.82, 2.24) is 20.0 Å². The first-order valence-corrected chi connectivity index (χ1v) is 12.6. The maximum absolute atomic E-state index is 13.5. The van der Waals surface area contributed by atoms with Crippen molar-refractivity contribution in [2.45, 2.75) is 37.8 Å². The molecule has 8 nitrogen and oxygen atoms in total. The second-order valence-electron chi connectivity index (χ2n) is 9.02. The Labute approximate surface area is 211 Å². The summed E-state index contributed by atoms with van der Waals surface area (Å²) >= 11 is 3.49. The molecule has 0 spiro atoms. The number of carbonyl (C=O) groups is 1. The van der Waals surface area contributed by atoms with Crippen LogP contribution in [0.1, 0.15) is 36.0 Å². The van der Waals surface area contributed by atoms with Crippen molar-refractivity contribution < 1.29 is 13.7 Å². The Morgan fingerprint density at radius 2 is 1.77 bits per heavy atom. The van der Waals surface area contributed by atoms with Crippen LogP contribution in [0.5, 0.6) is 0 Å². The van der Waals surface area contributed by atoms with E-state index in [9.17, 15) is 4.79 Å². The third-order valence-electron chi connectivity index (χ3n) is 6.65. The lowest BCUT2D eigenvalue weighted by atomic mass is 10.0. The van der Waals surface area contributed by atoms with Crippen molar-refractivity contribution in [3.63, 3.8) is 0 Å². The van der Waals surface area contributed by atoms with Crippen molar-refractivity contribution in [3.05, 3.63) is 71.2 Å². The van der Waals surface area contributed by atoms with Gasteiger partial charge in [-0.15, -0.1) is 0 Å². The third-order valence-corrected chi connectivity index (χ3v) is 7.14. The molecule has 2 fully saturated rings. The summed E-state index contributed by atoms with van der Waals surface area (Å²) in [5, 5.41) is 4.16. The van der Waals surface area contributed by atoms with Crippen molar-refractivity contribution >= 4 is 27.9 Å². The predicted octanol–water partition coefficient (Wildman–Crippen LogP) is 5.43. The van der Waals surface area contributed by atoms with E-state index < -0.39 is 0 Å². The Bertz CT molecular complexity index is 1310. The first-order chi connectivity index (χ1) is 17.2. The number of hydrogen-bond acceptors (Lipinski definition) is 7. The standard InChI is InChI=1S/C26H24BrN5O3/c27-20-3-1-2-19(14-20)24-29-26(35-30-24)31-12-10-22(11-13-31)32(21-8-9-21)25(33)18-6-4-17(5-7-18)23-15-28-16-34-23/h1-7,14-16,21-22H,8-13H2. The van der Waals surface area contributed by atoms with Crippen LogP contribution in [0, 0.1) is 0 Å². The second-order valence-corrected chi connectivity index (χ2v) is 9.93. The molecule has 0 atom stereocenters. The number of aromatic nitrogens is 3. The van der Waals surface area contributed by atoms with Gasteiger partial charge in [0.1, 0.15) is 0 Å². The molecule has 0 bridgehead atoms. The number of benzene rings is 2. The van der Waals surface area contributed by atoms with E-state index in [4.69, 9.17) is 8.94 Å². The Morgan fingerprint density at radius 1 is 1.00 bits per heavy atom. The molecule has 1 amide bonds. The molecule has 0 radical (unpaired) electrons. The van der Waals surface area contributed by atoms with Gasteiger partial charge in [0.05, 0.1) is 6.20 Å². The van der Waals surface area contributed by atoms with Crippen LogP contribution in [-0.2, 0) is 0 Å². The van der Waals surface area contributed by atoms with Crippen LogP contribution in [0.25, 0.3) is 22.7 Å². The minimum Gasteiger partial charge on any atom is -0.444 e. The van der Waals surface area contributed by atoms with Gasteiger partial charge < -0.3 is 18.7 Å². The number of nitrogens with zero attached hydrogens (tertiary/aromatic N) is 5. The van der Waals surface area contributed by atoms with Gasteiger partial charge >= 0.3 is 6.01 Å². The smallest absolute Gasteiger partial charge is 0.324 e. The van der Waals surface area contributed by atoms with E-state index >= 15 is 0 Å². The molecular formula is C26H24BrN5O3. The van der Waals surface area contributed by atoms with Crippen LogP contribution in [-0.4, -0.2) is 51.1 Å². The van der Waals surface area contributed by atoms with Crippen molar-refractivity contribution in [2.24, 2.45) is 0 Å². The van der Waals surface area contributed by atoms with Crippen LogP contribution >= 0.6 is 15.9 Å². The molecule has 2 aromatic heterocycles. The lowest BCUT2D eigenvalue weighted by Crippen LogP contribution is -2.48. The van der Waals surface area contributed by atoms with E-state index in [-0.39, 0.29) is 11.9 Å². The fraction of sp³-hybridized carbons (Fsp3) is 0.308. The van der Waals surface area contributed by atoms with Crippen LogP contribution in [0.3, 0.4) is 0 Å². The maximum Gasteiger partial charge on any atom is 0.324 e. The molecule has 1 aliphatic carbocycles. The van der Waals surface area contributed by atoms with E-state index in [1.54, 1.807) is 6.20 Å². The van der Waals surface area contributed by atoms with Gasteiger partial charge in [0.25, 0.3) is 5.91 Å². The Morgan fingerprint density at radius 3 is 2.46 bits per heavy atom. The summed E-state index contributed by atoms with van der Waals surface area (Å²) in [5.74, 6) is 1.37. The van der Waals surface area contributed by atoms with Crippen LogP contribution in [0.4, 0.5) is 6.01 Å². The molecule has 35 heavy (non-hydrogen) atoms. The molecule has 3 heterocycles. The summed E-state index contributed by atoms with van der Waals surface area (Å²) in [5.41, 5.74) is 2.52. The van der Waals surface area contributed by atoms with Gasteiger partial charge in [0, 0.05) is 46.3 Å². The van der Waals surface area contributed by atoms with Crippen LogP contribution in [0.2, 0.25) is 0 Å². The third kappa shape index (κ3) is 4.60. The highest BCUT2D eigenvalue weighted by Gasteiger charge is 2.39. The van der Waals surface area contributed by atoms with Gasteiger partial charge in [0.2, 0.25) is 5.82 Å². The molecule has 2 aromatic carbocycles. The highest BCUT2D eigenvalue weighted by Crippen LogP contribution is 2.34. The van der Waals surface area contributed by atoms with E-state index in [1.807, 2.05) is 48.5 Å². The molecule has 1 saturated carbocycles. The molecule has 2 aliphatic rings. The van der Waals surface area contributed by atoms with Crippen LogP contribution < -0.4 is 4.90 Å². The van der Waals surface area contributed by atoms with Gasteiger partial charge in [-0.2, -0.15) is 4.98 Å². The SMILES string of the molecule is O=C(c1ccc(-c2cnco2)cc1)N(C1CC1)C1CCN(c2nc(-c3cccc(Br)c3)no2)CC1. The highest BCUT2D eigenvalue weighted by atomic mass is 79.9. The first-order valence-electron chi connectivity index (χ1n) is 11.8. The molecular weight excluding hydrogens is 510 g/mol. The van der Waals surface area contributed by atoms with Crippen LogP contribution in [0.15, 0.2) is 74.5 Å². The number of piperidine rings is 1. The average Bonchev–Trinajstić information content (AvgIpc) is 3.34. The number of rotatable bonds is 6. The maximum atomic E-state index is 13.5. The van der Waals surface area contributed by atoms with Gasteiger partial charge in [-0.1, -0.05) is 45.4 Å². The minimum absolute atomic E-state index is 0.102. The topological polar surface area (TPSA) is 88.5 Å². The quantitative estimate of drug-likeness (QED) is 0.326. The molecule has 9 heteroatoms. The minimum atomic E-state index is 0.102. The fourth-order valence-corrected chi connectivity index (χ4v) is 5.09. The number of amides is 1. The van der Waals surface area contributed by atoms with Crippen molar-refractivity contribution in [2.75, 3.05) is 18.0 Å². The summed E-state index contributed by atoms with van der Waals surface area (Å²) in [6.07, 6.45) is 6.96. The first kappa shape index (κ1) is 22.0. The summed E-state index contributed by atoms with van der Waals surface area (Å²) < 4.78 is 11.9. The lowest BCUT2D eigenvalue weighted by molar-refractivity contribution is 0.0629.